The monoisotopic (exact) mass is 430 g/mol. The average Bonchev–Trinajstić information content (AvgIpc) is 3.08. The fraction of sp³-hybridized carbons (Fsp3) is 0.120. The molecule has 0 atom stereocenters. The second-order valence-electron chi connectivity index (χ2n) is 6.95. The molecule has 7 nitrogen and oxygen atoms in total. The van der Waals surface area contributed by atoms with Crippen LogP contribution in [0, 0.1) is 0 Å². The van der Waals surface area contributed by atoms with Crippen LogP contribution in [0.5, 0.6) is 17.2 Å². The highest BCUT2D eigenvalue weighted by Crippen LogP contribution is 2.37. The first-order valence-electron chi connectivity index (χ1n) is 9.89. The molecule has 1 aliphatic heterocycles. The Hall–Kier alpha value is -4.26. The van der Waals surface area contributed by atoms with Gasteiger partial charge in [-0.3, -0.25) is 9.59 Å². The fourth-order valence-electron chi connectivity index (χ4n) is 3.53. The molecule has 7 heteroatoms. The van der Waals surface area contributed by atoms with E-state index >= 15 is 0 Å². The zero-order valence-corrected chi connectivity index (χ0v) is 17.9. The van der Waals surface area contributed by atoms with E-state index in [4.69, 9.17) is 14.2 Å². The average molecular weight is 430 g/mol. The minimum Gasteiger partial charge on any atom is -0.497 e. The minimum atomic E-state index is -0.469. The number of hydrogen-bond acceptors (Lipinski definition) is 6. The SMILES string of the molecule is COc1ccc(N2C(=O)C(Nc3cc(OC)ccc3OC)=C(c3ccccc3)C2=O)cc1. The second-order valence-corrected chi connectivity index (χ2v) is 6.95. The number of carbonyl (C=O) groups is 2. The molecule has 0 bridgehead atoms. The van der Waals surface area contributed by atoms with Gasteiger partial charge in [0.15, 0.2) is 0 Å². The Morgan fingerprint density at radius 3 is 2.00 bits per heavy atom. The summed E-state index contributed by atoms with van der Waals surface area (Å²) in [6.07, 6.45) is 0. The molecule has 1 heterocycles. The molecule has 0 aromatic heterocycles. The van der Waals surface area contributed by atoms with Gasteiger partial charge in [0.25, 0.3) is 11.8 Å². The summed E-state index contributed by atoms with van der Waals surface area (Å²) in [6, 6.07) is 21.0. The van der Waals surface area contributed by atoms with Crippen LogP contribution in [0.15, 0.2) is 78.5 Å². The van der Waals surface area contributed by atoms with Crippen molar-refractivity contribution in [1.29, 1.82) is 0 Å². The third-order valence-corrected chi connectivity index (χ3v) is 5.14. The van der Waals surface area contributed by atoms with Gasteiger partial charge in [0.05, 0.1) is 38.3 Å². The number of ether oxygens (including phenoxy) is 3. The Kier molecular flexibility index (Phi) is 5.81. The van der Waals surface area contributed by atoms with E-state index in [-0.39, 0.29) is 11.3 Å². The summed E-state index contributed by atoms with van der Waals surface area (Å²) in [4.78, 5) is 28.1. The van der Waals surface area contributed by atoms with E-state index in [1.807, 2.05) is 18.2 Å². The lowest BCUT2D eigenvalue weighted by Crippen LogP contribution is -2.32. The van der Waals surface area contributed by atoms with Crippen LogP contribution in [0.1, 0.15) is 5.56 Å². The van der Waals surface area contributed by atoms with Crippen molar-refractivity contribution in [3.63, 3.8) is 0 Å². The molecule has 0 spiro atoms. The number of anilines is 2. The van der Waals surface area contributed by atoms with E-state index in [9.17, 15) is 9.59 Å². The van der Waals surface area contributed by atoms with E-state index in [1.165, 1.54) is 7.11 Å². The van der Waals surface area contributed by atoms with Crippen LogP contribution < -0.4 is 24.4 Å². The molecule has 1 aliphatic rings. The lowest BCUT2D eigenvalue weighted by Gasteiger charge is -2.16. The number of amides is 2. The van der Waals surface area contributed by atoms with Crippen LogP contribution in [-0.4, -0.2) is 33.1 Å². The third-order valence-electron chi connectivity index (χ3n) is 5.14. The predicted octanol–water partition coefficient (Wildman–Crippen LogP) is 4.11. The first-order valence-corrected chi connectivity index (χ1v) is 9.89. The summed E-state index contributed by atoms with van der Waals surface area (Å²) in [6.45, 7) is 0. The molecule has 1 N–H and O–H groups in total. The van der Waals surface area contributed by atoms with Crippen molar-refractivity contribution in [2.24, 2.45) is 0 Å². The van der Waals surface area contributed by atoms with Gasteiger partial charge >= 0.3 is 0 Å². The van der Waals surface area contributed by atoms with E-state index in [0.29, 0.717) is 34.2 Å². The molecule has 3 aromatic carbocycles. The number of benzene rings is 3. The van der Waals surface area contributed by atoms with Gasteiger partial charge in [0, 0.05) is 6.07 Å². The molecule has 0 fully saturated rings. The van der Waals surface area contributed by atoms with E-state index < -0.39 is 11.8 Å². The van der Waals surface area contributed by atoms with Gasteiger partial charge in [0.2, 0.25) is 0 Å². The molecule has 0 aliphatic carbocycles. The summed E-state index contributed by atoms with van der Waals surface area (Å²) in [7, 11) is 4.64. The summed E-state index contributed by atoms with van der Waals surface area (Å²) < 4.78 is 15.9. The van der Waals surface area contributed by atoms with Crippen molar-refractivity contribution in [3.8, 4) is 17.2 Å². The predicted molar refractivity (Wildman–Crippen MR) is 122 cm³/mol. The van der Waals surface area contributed by atoms with E-state index in [1.54, 1.807) is 68.8 Å². The molecule has 2 amide bonds. The zero-order valence-electron chi connectivity index (χ0n) is 17.9. The van der Waals surface area contributed by atoms with Crippen molar-refractivity contribution < 1.29 is 23.8 Å². The molecular formula is C25H22N2O5. The summed E-state index contributed by atoms with van der Waals surface area (Å²) in [5.74, 6) is 0.830. The van der Waals surface area contributed by atoms with Crippen LogP contribution >= 0.6 is 0 Å². The van der Waals surface area contributed by atoms with Gasteiger partial charge in [-0.1, -0.05) is 30.3 Å². The highest BCUT2D eigenvalue weighted by atomic mass is 16.5. The molecule has 4 rings (SSSR count). The zero-order chi connectivity index (χ0) is 22.7. The topological polar surface area (TPSA) is 77.1 Å². The number of methoxy groups -OCH3 is 3. The van der Waals surface area contributed by atoms with Gasteiger partial charge in [-0.25, -0.2) is 4.90 Å². The number of nitrogens with zero attached hydrogens (tertiary/aromatic N) is 1. The van der Waals surface area contributed by atoms with Gasteiger partial charge in [0.1, 0.15) is 22.9 Å². The maximum Gasteiger partial charge on any atom is 0.282 e. The molecule has 0 saturated carbocycles. The molecule has 0 saturated heterocycles. The van der Waals surface area contributed by atoms with Crippen LogP contribution in [0.3, 0.4) is 0 Å². The van der Waals surface area contributed by atoms with Crippen molar-refractivity contribution in [1.82, 2.24) is 0 Å². The quantitative estimate of drug-likeness (QED) is 0.569. The number of imide groups is 1. The van der Waals surface area contributed by atoms with Crippen molar-refractivity contribution in [2.75, 3.05) is 31.5 Å². The van der Waals surface area contributed by atoms with Gasteiger partial charge in [-0.05, 0) is 42.0 Å². The highest BCUT2D eigenvalue weighted by Gasteiger charge is 2.40. The normalized spacial score (nSPS) is 13.4. The van der Waals surface area contributed by atoms with Crippen molar-refractivity contribution in [3.05, 3.63) is 84.1 Å². The molecule has 3 aromatic rings. The van der Waals surface area contributed by atoms with E-state index in [0.717, 1.165) is 4.90 Å². The Balaban J connectivity index is 1.81. The van der Waals surface area contributed by atoms with Gasteiger partial charge in [-0.2, -0.15) is 0 Å². The summed E-state index contributed by atoms with van der Waals surface area (Å²) in [5.41, 5.74) is 2.02. The lowest BCUT2D eigenvalue weighted by atomic mass is 10.0. The molecular weight excluding hydrogens is 408 g/mol. The van der Waals surface area contributed by atoms with Gasteiger partial charge in [-0.15, -0.1) is 0 Å². The maximum atomic E-state index is 13.5. The highest BCUT2D eigenvalue weighted by molar-refractivity contribution is 6.46. The number of hydrogen-bond donors (Lipinski definition) is 1. The Morgan fingerprint density at radius 1 is 0.719 bits per heavy atom. The summed E-state index contributed by atoms with van der Waals surface area (Å²) >= 11 is 0. The lowest BCUT2D eigenvalue weighted by molar-refractivity contribution is -0.120. The minimum absolute atomic E-state index is 0.156. The Morgan fingerprint density at radius 2 is 1.38 bits per heavy atom. The third kappa shape index (κ3) is 3.76. The van der Waals surface area contributed by atoms with Gasteiger partial charge < -0.3 is 19.5 Å². The Labute approximate surface area is 185 Å². The number of rotatable bonds is 7. The number of carbonyl (C=O) groups excluding carboxylic acids is 2. The first-order chi connectivity index (χ1) is 15.6. The van der Waals surface area contributed by atoms with Crippen molar-refractivity contribution in [2.45, 2.75) is 0 Å². The largest absolute Gasteiger partial charge is 0.497 e. The maximum absolute atomic E-state index is 13.5. The molecule has 0 unspecified atom stereocenters. The standard InChI is InChI=1S/C25H22N2O5/c1-30-18-11-9-17(10-12-18)27-24(28)22(16-7-5-4-6-8-16)23(25(27)29)26-20-15-19(31-2)13-14-21(20)32-3/h4-15,26H,1-3H3. The molecule has 32 heavy (non-hydrogen) atoms. The fourth-order valence-corrected chi connectivity index (χ4v) is 3.53. The van der Waals surface area contributed by atoms with Crippen LogP contribution in [-0.2, 0) is 9.59 Å². The number of nitrogens with one attached hydrogen (secondary N) is 1. The van der Waals surface area contributed by atoms with Crippen molar-refractivity contribution >= 4 is 28.8 Å². The Bertz CT molecular complexity index is 1190. The summed E-state index contributed by atoms with van der Waals surface area (Å²) in [5, 5.41) is 3.12. The first kappa shape index (κ1) is 21.0. The smallest absolute Gasteiger partial charge is 0.282 e. The molecule has 162 valence electrons. The second kappa shape index (κ2) is 8.85. The van der Waals surface area contributed by atoms with Crippen LogP contribution in [0.25, 0.3) is 5.57 Å². The van der Waals surface area contributed by atoms with E-state index in [2.05, 4.69) is 5.32 Å². The molecule has 0 radical (unpaired) electrons. The van der Waals surface area contributed by atoms with Crippen LogP contribution in [0.4, 0.5) is 11.4 Å². The van der Waals surface area contributed by atoms with Crippen LogP contribution in [0.2, 0.25) is 0 Å².